The Balaban J connectivity index is 1.58. The van der Waals surface area contributed by atoms with Crippen LogP contribution in [0.3, 0.4) is 0 Å². The lowest BCUT2D eigenvalue weighted by molar-refractivity contribution is -0.137. The molecule has 0 radical (unpaired) electrons. The highest BCUT2D eigenvalue weighted by Gasteiger charge is 2.47. The van der Waals surface area contributed by atoms with E-state index in [0.717, 1.165) is 18.9 Å². The Hall–Kier alpha value is -1.98. The van der Waals surface area contributed by atoms with Gasteiger partial charge in [-0.25, -0.2) is 8.78 Å². The number of carboxylic acids is 1. The third-order valence-corrected chi connectivity index (χ3v) is 5.07. The summed E-state index contributed by atoms with van der Waals surface area (Å²) in [6, 6.07) is 3.51. The predicted molar refractivity (Wildman–Crippen MR) is 83.4 cm³/mol. The number of hydrogen-bond donors (Lipinski definition) is 1. The van der Waals surface area contributed by atoms with Crippen LogP contribution in [-0.2, 0) is 9.59 Å². The molecule has 3 rings (SSSR count). The van der Waals surface area contributed by atoms with E-state index in [1.165, 1.54) is 12.1 Å². The smallest absolute Gasteiger partial charge is 0.303 e. The largest absolute Gasteiger partial charge is 0.481 e. The van der Waals surface area contributed by atoms with E-state index >= 15 is 0 Å². The van der Waals surface area contributed by atoms with Crippen molar-refractivity contribution in [3.8, 4) is 0 Å². The standard InChI is InChI=1S/C18H21F2NO3/c19-12-4-5-13(16(20)8-12)14-9-15(14)18(24)21-7-1-2-11(10-21)3-6-17(22)23/h4-5,8,11,14-15H,1-3,6-7,9-10H2,(H,22,23)/t11-,14+,15-/m0/s1. The summed E-state index contributed by atoms with van der Waals surface area (Å²) in [7, 11) is 0. The number of carbonyl (C=O) groups is 2. The Morgan fingerprint density at radius 3 is 2.79 bits per heavy atom. The molecule has 0 spiro atoms. The first-order chi connectivity index (χ1) is 11.5. The lowest BCUT2D eigenvalue weighted by atomic mass is 9.93. The normalized spacial score (nSPS) is 26.2. The van der Waals surface area contributed by atoms with Gasteiger partial charge in [-0.05, 0) is 49.1 Å². The third-order valence-electron chi connectivity index (χ3n) is 5.07. The van der Waals surface area contributed by atoms with E-state index in [0.29, 0.717) is 31.5 Å². The molecule has 1 aliphatic carbocycles. The van der Waals surface area contributed by atoms with Gasteiger partial charge in [-0.15, -0.1) is 0 Å². The molecule has 0 unspecified atom stereocenters. The minimum Gasteiger partial charge on any atom is -0.481 e. The Morgan fingerprint density at radius 1 is 1.29 bits per heavy atom. The number of piperidine rings is 1. The van der Waals surface area contributed by atoms with Crippen LogP contribution in [-0.4, -0.2) is 35.0 Å². The third kappa shape index (κ3) is 3.74. The summed E-state index contributed by atoms with van der Waals surface area (Å²) in [4.78, 5) is 25.1. The fraction of sp³-hybridized carbons (Fsp3) is 0.556. The van der Waals surface area contributed by atoms with Gasteiger partial charge in [-0.2, -0.15) is 0 Å². The highest BCUT2D eigenvalue weighted by Crippen LogP contribution is 2.49. The fourth-order valence-electron chi connectivity index (χ4n) is 3.68. The van der Waals surface area contributed by atoms with Gasteiger partial charge in [0.15, 0.2) is 0 Å². The first kappa shape index (κ1) is 16.9. The van der Waals surface area contributed by atoms with E-state index < -0.39 is 17.6 Å². The summed E-state index contributed by atoms with van der Waals surface area (Å²) in [5, 5.41) is 8.78. The molecule has 6 heteroatoms. The second-order valence-electron chi connectivity index (χ2n) is 6.84. The summed E-state index contributed by atoms with van der Waals surface area (Å²) in [6.45, 7) is 1.26. The monoisotopic (exact) mass is 337 g/mol. The average molecular weight is 337 g/mol. The highest BCUT2D eigenvalue weighted by atomic mass is 19.1. The molecule has 1 amide bonds. The van der Waals surface area contributed by atoms with Crippen molar-refractivity contribution in [2.45, 2.75) is 38.0 Å². The summed E-state index contributed by atoms with van der Waals surface area (Å²) >= 11 is 0. The molecule has 4 nitrogen and oxygen atoms in total. The highest BCUT2D eigenvalue weighted by molar-refractivity contribution is 5.83. The van der Waals surface area contributed by atoms with Crippen molar-refractivity contribution >= 4 is 11.9 Å². The molecule has 0 bridgehead atoms. The molecule has 0 aromatic heterocycles. The number of rotatable bonds is 5. The second-order valence-corrected chi connectivity index (χ2v) is 6.84. The first-order valence-electron chi connectivity index (χ1n) is 8.41. The number of nitrogens with zero attached hydrogens (tertiary/aromatic N) is 1. The zero-order valence-electron chi connectivity index (χ0n) is 13.4. The Kier molecular flexibility index (Phi) is 4.83. The van der Waals surface area contributed by atoms with E-state index in [2.05, 4.69) is 0 Å². The SMILES string of the molecule is O=C(O)CC[C@@H]1CCCN(C(=O)[C@H]2C[C@@H]2c2ccc(F)cc2F)C1. The Bertz CT molecular complexity index is 649. The van der Waals surface area contributed by atoms with E-state index in [1.54, 1.807) is 4.90 Å². The topological polar surface area (TPSA) is 57.6 Å². The van der Waals surface area contributed by atoms with Gasteiger partial charge < -0.3 is 10.0 Å². The van der Waals surface area contributed by atoms with Gasteiger partial charge in [0.1, 0.15) is 11.6 Å². The maximum absolute atomic E-state index is 13.8. The zero-order chi connectivity index (χ0) is 17.3. The van der Waals surface area contributed by atoms with Gasteiger partial charge in [0, 0.05) is 31.5 Å². The number of halogens is 2. The molecule has 2 fully saturated rings. The van der Waals surface area contributed by atoms with E-state index in [-0.39, 0.29) is 30.1 Å². The van der Waals surface area contributed by atoms with Gasteiger partial charge in [0.25, 0.3) is 0 Å². The summed E-state index contributed by atoms with van der Waals surface area (Å²) < 4.78 is 26.8. The molecular weight excluding hydrogens is 316 g/mol. The van der Waals surface area contributed by atoms with E-state index in [1.807, 2.05) is 0 Å². The Morgan fingerprint density at radius 2 is 2.08 bits per heavy atom. The number of amides is 1. The van der Waals surface area contributed by atoms with Gasteiger partial charge in [-0.1, -0.05) is 6.07 Å². The molecule has 2 aliphatic rings. The molecular formula is C18H21F2NO3. The number of hydrogen-bond acceptors (Lipinski definition) is 2. The molecule has 24 heavy (non-hydrogen) atoms. The van der Waals surface area contributed by atoms with Crippen molar-refractivity contribution < 1.29 is 23.5 Å². The van der Waals surface area contributed by atoms with Crippen LogP contribution in [0.4, 0.5) is 8.78 Å². The molecule has 1 N–H and O–H groups in total. The lowest BCUT2D eigenvalue weighted by Crippen LogP contribution is -2.41. The van der Waals surface area contributed by atoms with Gasteiger partial charge in [0.2, 0.25) is 5.91 Å². The van der Waals surface area contributed by atoms with E-state index in [4.69, 9.17) is 5.11 Å². The van der Waals surface area contributed by atoms with Crippen LogP contribution < -0.4 is 0 Å². The lowest BCUT2D eigenvalue weighted by Gasteiger charge is -2.33. The first-order valence-corrected chi connectivity index (χ1v) is 8.41. The fourth-order valence-corrected chi connectivity index (χ4v) is 3.68. The van der Waals surface area contributed by atoms with Gasteiger partial charge in [0.05, 0.1) is 0 Å². The average Bonchev–Trinajstić information content (AvgIpc) is 3.33. The predicted octanol–water partition coefficient (Wildman–Crippen LogP) is 3.17. The van der Waals surface area contributed by atoms with Crippen molar-refractivity contribution in [2.75, 3.05) is 13.1 Å². The molecule has 130 valence electrons. The van der Waals surface area contributed by atoms with Crippen molar-refractivity contribution in [3.63, 3.8) is 0 Å². The number of benzene rings is 1. The number of likely N-dealkylation sites (tertiary alicyclic amines) is 1. The van der Waals surface area contributed by atoms with Crippen LogP contribution in [0, 0.1) is 23.5 Å². The van der Waals surface area contributed by atoms with Crippen LogP contribution in [0.15, 0.2) is 18.2 Å². The zero-order valence-corrected chi connectivity index (χ0v) is 13.4. The summed E-state index contributed by atoms with van der Waals surface area (Å²) in [5.41, 5.74) is 0.411. The van der Waals surface area contributed by atoms with Crippen molar-refractivity contribution in [2.24, 2.45) is 11.8 Å². The van der Waals surface area contributed by atoms with Crippen molar-refractivity contribution in [3.05, 3.63) is 35.4 Å². The minimum atomic E-state index is -0.813. The van der Waals surface area contributed by atoms with Gasteiger partial charge >= 0.3 is 5.97 Å². The number of carbonyl (C=O) groups excluding carboxylic acids is 1. The minimum absolute atomic E-state index is 0.0174. The summed E-state index contributed by atoms with van der Waals surface area (Å²) in [5.74, 6) is -2.18. The molecule has 1 aromatic carbocycles. The van der Waals surface area contributed by atoms with Crippen molar-refractivity contribution in [1.82, 2.24) is 4.90 Å². The van der Waals surface area contributed by atoms with Crippen LogP contribution in [0.2, 0.25) is 0 Å². The van der Waals surface area contributed by atoms with Crippen LogP contribution >= 0.6 is 0 Å². The Labute approximate surface area is 139 Å². The van der Waals surface area contributed by atoms with Crippen LogP contribution in [0.1, 0.15) is 43.6 Å². The number of carboxylic acid groups (broad SMARTS) is 1. The van der Waals surface area contributed by atoms with Crippen LogP contribution in [0.25, 0.3) is 0 Å². The maximum Gasteiger partial charge on any atom is 0.303 e. The molecule has 1 aliphatic heterocycles. The molecule has 1 heterocycles. The molecule has 1 saturated heterocycles. The quantitative estimate of drug-likeness (QED) is 0.898. The summed E-state index contributed by atoms with van der Waals surface area (Å²) in [6.07, 6.45) is 3.12. The number of aliphatic carboxylic acids is 1. The molecule has 1 saturated carbocycles. The maximum atomic E-state index is 13.8. The second kappa shape index (κ2) is 6.87. The van der Waals surface area contributed by atoms with E-state index in [9.17, 15) is 18.4 Å². The van der Waals surface area contributed by atoms with Gasteiger partial charge in [-0.3, -0.25) is 9.59 Å². The van der Waals surface area contributed by atoms with Crippen molar-refractivity contribution in [1.29, 1.82) is 0 Å². The molecule has 3 atom stereocenters. The molecule has 1 aromatic rings. The van der Waals surface area contributed by atoms with Crippen LogP contribution in [0.5, 0.6) is 0 Å².